The van der Waals surface area contributed by atoms with Crippen LogP contribution in [-0.4, -0.2) is 0 Å². The van der Waals surface area contributed by atoms with Crippen molar-refractivity contribution >= 4 is 22.6 Å². The summed E-state index contributed by atoms with van der Waals surface area (Å²) in [5.74, 6) is 0.117. The minimum absolute atomic E-state index is 0.239. The van der Waals surface area contributed by atoms with Crippen LogP contribution in [0.5, 0.6) is 5.75 Å². The SMILES string of the molecule is CCc1cc(=O)oc2cc(OCc3ccc(F)cc3)c(Cl)cc12. The van der Waals surface area contributed by atoms with Gasteiger partial charge in [0.05, 0.1) is 5.02 Å². The van der Waals surface area contributed by atoms with Crippen molar-refractivity contribution in [3.05, 3.63) is 74.9 Å². The quantitative estimate of drug-likeness (QED) is 0.648. The summed E-state index contributed by atoms with van der Waals surface area (Å²) in [4.78, 5) is 11.6. The second-order valence-corrected chi connectivity index (χ2v) is 5.55. The Morgan fingerprint density at radius 2 is 1.91 bits per heavy atom. The fourth-order valence-electron chi connectivity index (χ4n) is 2.37. The van der Waals surface area contributed by atoms with Gasteiger partial charge in [0.15, 0.2) is 0 Å². The van der Waals surface area contributed by atoms with E-state index in [2.05, 4.69) is 0 Å². The van der Waals surface area contributed by atoms with Gasteiger partial charge in [0.25, 0.3) is 0 Å². The molecule has 2 aromatic carbocycles. The van der Waals surface area contributed by atoms with Crippen molar-refractivity contribution < 1.29 is 13.5 Å². The van der Waals surface area contributed by atoms with Crippen LogP contribution in [0, 0.1) is 5.82 Å². The average Bonchev–Trinajstić information content (AvgIpc) is 2.54. The molecular weight excluding hydrogens is 319 g/mol. The van der Waals surface area contributed by atoms with Crippen LogP contribution in [0.25, 0.3) is 11.0 Å². The fourth-order valence-corrected chi connectivity index (χ4v) is 2.59. The maximum atomic E-state index is 12.9. The molecule has 0 aliphatic heterocycles. The Morgan fingerprint density at radius 1 is 1.17 bits per heavy atom. The topological polar surface area (TPSA) is 39.4 Å². The van der Waals surface area contributed by atoms with Gasteiger partial charge < -0.3 is 9.15 Å². The number of hydrogen-bond donors (Lipinski definition) is 0. The number of ether oxygens (including phenoxy) is 1. The predicted molar refractivity (Wildman–Crippen MR) is 87.6 cm³/mol. The normalized spacial score (nSPS) is 10.9. The molecule has 0 radical (unpaired) electrons. The first kappa shape index (κ1) is 15.6. The van der Waals surface area contributed by atoms with E-state index < -0.39 is 5.63 Å². The van der Waals surface area contributed by atoms with Crippen molar-refractivity contribution in [3.63, 3.8) is 0 Å². The Hall–Kier alpha value is -2.33. The van der Waals surface area contributed by atoms with Crippen LogP contribution in [0.3, 0.4) is 0 Å². The number of benzene rings is 2. The lowest BCUT2D eigenvalue weighted by molar-refractivity contribution is 0.306. The van der Waals surface area contributed by atoms with Crippen LogP contribution < -0.4 is 10.4 Å². The average molecular weight is 333 g/mol. The lowest BCUT2D eigenvalue weighted by Gasteiger charge is -2.10. The van der Waals surface area contributed by atoms with E-state index >= 15 is 0 Å². The third kappa shape index (κ3) is 3.37. The zero-order valence-corrected chi connectivity index (χ0v) is 13.2. The molecule has 0 amide bonds. The van der Waals surface area contributed by atoms with Gasteiger partial charge in [-0.2, -0.15) is 0 Å². The molecule has 0 fully saturated rings. The Balaban J connectivity index is 1.93. The van der Waals surface area contributed by atoms with Crippen LogP contribution in [0.15, 0.2) is 51.7 Å². The van der Waals surface area contributed by atoms with Crippen LogP contribution in [0.2, 0.25) is 5.02 Å². The molecule has 1 aromatic heterocycles. The molecule has 0 aliphatic rings. The van der Waals surface area contributed by atoms with Crippen LogP contribution in [0.4, 0.5) is 4.39 Å². The highest BCUT2D eigenvalue weighted by molar-refractivity contribution is 6.32. The van der Waals surface area contributed by atoms with Gasteiger partial charge in [-0.15, -0.1) is 0 Å². The van der Waals surface area contributed by atoms with Gasteiger partial charge in [0, 0.05) is 17.5 Å². The van der Waals surface area contributed by atoms with Gasteiger partial charge in [-0.05, 0) is 35.7 Å². The third-order valence-corrected chi connectivity index (χ3v) is 3.87. The van der Waals surface area contributed by atoms with Crippen LogP contribution in [-0.2, 0) is 13.0 Å². The molecule has 118 valence electrons. The molecule has 0 spiro atoms. The lowest BCUT2D eigenvalue weighted by atomic mass is 10.1. The predicted octanol–water partition coefficient (Wildman–Crippen LogP) is 4.73. The summed E-state index contributed by atoms with van der Waals surface area (Å²) in [7, 11) is 0. The minimum Gasteiger partial charge on any atom is -0.487 e. The molecule has 3 nitrogen and oxygen atoms in total. The van der Waals surface area contributed by atoms with Crippen LogP contribution >= 0.6 is 11.6 Å². The maximum absolute atomic E-state index is 12.9. The second-order valence-electron chi connectivity index (χ2n) is 5.14. The van der Waals surface area contributed by atoms with Crippen molar-refractivity contribution in [3.8, 4) is 5.75 Å². The van der Waals surface area contributed by atoms with E-state index in [1.165, 1.54) is 18.2 Å². The van der Waals surface area contributed by atoms with E-state index in [0.717, 1.165) is 16.5 Å². The monoisotopic (exact) mass is 332 g/mol. The van der Waals surface area contributed by atoms with Crippen LogP contribution in [0.1, 0.15) is 18.1 Å². The Bertz CT molecular complexity index is 901. The number of aryl methyl sites for hydroxylation is 1. The smallest absolute Gasteiger partial charge is 0.336 e. The van der Waals surface area contributed by atoms with Gasteiger partial charge in [0.1, 0.15) is 23.8 Å². The molecule has 0 unspecified atom stereocenters. The fraction of sp³-hybridized carbons (Fsp3) is 0.167. The van der Waals surface area contributed by atoms with Crippen molar-refractivity contribution in [2.45, 2.75) is 20.0 Å². The molecule has 0 saturated heterocycles. The van der Waals surface area contributed by atoms with E-state index in [1.54, 1.807) is 24.3 Å². The summed E-state index contributed by atoms with van der Waals surface area (Å²) in [6.07, 6.45) is 0.703. The summed E-state index contributed by atoms with van der Waals surface area (Å²) < 4.78 is 23.8. The zero-order chi connectivity index (χ0) is 16.4. The number of halogens is 2. The van der Waals surface area contributed by atoms with Crippen molar-refractivity contribution in [2.75, 3.05) is 0 Å². The summed E-state index contributed by atoms with van der Waals surface area (Å²) in [5.41, 5.74) is 1.73. The molecule has 1 heterocycles. The summed E-state index contributed by atoms with van der Waals surface area (Å²) in [6, 6.07) is 10.8. The van der Waals surface area contributed by atoms with E-state index in [0.29, 0.717) is 22.8 Å². The van der Waals surface area contributed by atoms with E-state index in [9.17, 15) is 9.18 Å². The highest BCUT2D eigenvalue weighted by atomic mass is 35.5. The zero-order valence-electron chi connectivity index (χ0n) is 12.4. The first-order valence-corrected chi connectivity index (χ1v) is 7.58. The van der Waals surface area contributed by atoms with E-state index in [-0.39, 0.29) is 12.4 Å². The first-order chi connectivity index (χ1) is 11.1. The van der Waals surface area contributed by atoms with Gasteiger partial charge in [-0.1, -0.05) is 30.7 Å². The number of hydrogen-bond acceptors (Lipinski definition) is 3. The first-order valence-electron chi connectivity index (χ1n) is 7.20. The molecule has 0 atom stereocenters. The number of fused-ring (bicyclic) bond motifs is 1. The Labute approximate surface area is 137 Å². The van der Waals surface area contributed by atoms with E-state index in [4.69, 9.17) is 20.8 Å². The lowest BCUT2D eigenvalue weighted by Crippen LogP contribution is -2.01. The van der Waals surface area contributed by atoms with Gasteiger partial charge in [-0.3, -0.25) is 0 Å². The third-order valence-electron chi connectivity index (χ3n) is 3.57. The Kier molecular flexibility index (Phi) is 4.35. The maximum Gasteiger partial charge on any atom is 0.336 e. The van der Waals surface area contributed by atoms with Crippen molar-refractivity contribution in [2.24, 2.45) is 0 Å². The van der Waals surface area contributed by atoms with Crippen molar-refractivity contribution in [1.29, 1.82) is 0 Å². The van der Waals surface area contributed by atoms with Gasteiger partial charge in [-0.25, -0.2) is 9.18 Å². The molecule has 3 rings (SSSR count). The van der Waals surface area contributed by atoms with Crippen molar-refractivity contribution in [1.82, 2.24) is 0 Å². The summed E-state index contributed by atoms with van der Waals surface area (Å²) in [5, 5.41) is 1.23. The molecule has 23 heavy (non-hydrogen) atoms. The standard InChI is InChI=1S/C18H14ClFO3/c1-2-12-7-18(21)23-16-9-17(15(19)8-14(12)16)22-10-11-3-5-13(20)6-4-11/h3-9H,2,10H2,1H3. The minimum atomic E-state index is -0.402. The largest absolute Gasteiger partial charge is 0.487 e. The second kappa shape index (κ2) is 6.42. The highest BCUT2D eigenvalue weighted by Crippen LogP contribution is 2.31. The highest BCUT2D eigenvalue weighted by Gasteiger charge is 2.10. The molecule has 0 aliphatic carbocycles. The molecule has 0 saturated carbocycles. The van der Waals surface area contributed by atoms with Gasteiger partial charge >= 0.3 is 5.63 Å². The molecular formula is C18H14ClFO3. The molecule has 0 bridgehead atoms. The summed E-state index contributed by atoms with van der Waals surface area (Å²) >= 11 is 6.26. The van der Waals surface area contributed by atoms with Gasteiger partial charge in [0.2, 0.25) is 0 Å². The summed E-state index contributed by atoms with van der Waals surface area (Å²) in [6.45, 7) is 2.20. The molecule has 3 aromatic rings. The van der Waals surface area contributed by atoms with E-state index in [1.807, 2.05) is 6.92 Å². The molecule has 0 N–H and O–H groups in total. The molecule has 5 heteroatoms. The Morgan fingerprint density at radius 3 is 2.61 bits per heavy atom. The number of rotatable bonds is 4.